The quantitative estimate of drug-likeness (QED) is 0.280. The number of halogens is 1. The van der Waals surface area contributed by atoms with Gasteiger partial charge in [-0.3, -0.25) is 9.69 Å². The van der Waals surface area contributed by atoms with Gasteiger partial charge in [0.1, 0.15) is 24.1 Å². The SMILES string of the molecule is COc1cc(NC(=O)N(CC(=O)N2c3ccccc3-n3cccc3[C@H]2c2cccc(Cl)c2)C(C)C)cc(OC)c1. The minimum absolute atomic E-state index is 0.142. The van der Waals surface area contributed by atoms with E-state index in [1.807, 2.05) is 80.7 Å². The number of para-hydroxylation sites is 2. The van der Waals surface area contributed by atoms with E-state index in [0.29, 0.717) is 22.2 Å². The predicted octanol–water partition coefficient (Wildman–Crippen LogP) is 6.53. The van der Waals surface area contributed by atoms with Crippen LogP contribution in [0.5, 0.6) is 11.5 Å². The van der Waals surface area contributed by atoms with Gasteiger partial charge in [0, 0.05) is 41.1 Å². The number of nitrogens with one attached hydrogen (secondary N) is 1. The Morgan fingerprint density at radius 3 is 2.27 bits per heavy atom. The molecule has 9 heteroatoms. The molecular formula is C31H31ClN4O4. The fraction of sp³-hybridized carbons (Fsp3) is 0.226. The van der Waals surface area contributed by atoms with Crippen molar-refractivity contribution in [3.63, 3.8) is 0 Å². The summed E-state index contributed by atoms with van der Waals surface area (Å²) in [5.41, 5.74) is 3.94. The first kappa shape index (κ1) is 27.1. The molecule has 3 amide bonds. The molecule has 0 aliphatic carbocycles. The maximum Gasteiger partial charge on any atom is 0.322 e. The number of ether oxygens (including phenoxy) is 2. The number of hydrogen-bond donors (Lipinski definition) is 1. The number of methoxy groups -OCH3 is 2. The summed E-state index contributed by atoms with van der Waals surface area (Å²) < 4.78 is 12.8. The maximum absolute atomic E-state index is 14.3. The van der Waals surface area contributed by atoms with Crippen LogP contribution in [0.15, 0.2) is 85.1 Å². The van der Waals surface area contributed by atoms with E-state index in [-0.39, 0.29) is 18.5 Å². The van der Waals surface area contributed by atoms with Crippen LogP contribution in [0.2, 0.25) is 5.02 Å². The van der Waals surface area contributed by atoms with Gasteiger partial charge in [-0.1, -0.05) is 35.9 Å². The van der Waals surface area contributed by atoms with Crippen molar-refractivity contribution in [3.05, 3.63) is 101 Å². The molecule has 40 heavy (non-hydrogen) atoms. The van der Waals surface area contributed by atoms with Gasteiger partial charge in [0.05, 0.1) is 31.3 Å². The molecule has 206 valence electrons. The minimum atomic E-state index is -0.434. The van der Waals surface area contributed by atoms with Gasteiger partial charge < -0.3 is 24.3 Å². The number of carbonyl (C=O) groups excluding carboxylic acids is 2. The number of carbonyl (C=O) groups is 2. The highest BCUT2D eigenvalue weighted by Gasteiger charge is 2.37. The van der Waals surface area contributed by atoms with E-state index in [9.17, 15) is 9.59 Å². The third-order valence-corrected chi connectivity index (χ3v) is 7.18. The molecule has 1 aliphatic heterocycles. The number of nitrogens with zero attached hydrogens (tertiary/aromatic N) is 3. The molecule has 0 unspecified atom stereocenters. The zero-order chi connectivity index (χ0) is 28.4. The van der Waals surface area contributed by atoms with Crippen LogP contribution >= 0.6 is 11.6 Å². The van der Waals surface area contributed by atoms with E-state index < -0.39 is 12.1 Å². The summed E-state index contributed by atoms with van der Waals surface area (Å²) >= 11 is 6.39. The second-order valence-corrected chi connectivity index (χ2v) is 10.2. The van der Waals surface area contributed by atoms with E-state index in [1.54, 1.807) is 37.3 Å². The molecule has 0 fully saturated rings. The molecule has 8 nitrogen and oxygen atoms in total. The van der Waals surface area contributed by atoms with Gasteiger partial charge in [-0.15, -0.1) is 0 Å². The van der Waals surface area contributed by atoms with Crippen LogP contribution in [-0.2, 0) is 4.79 Å². The summed E-state index contributed by atoms with van der Waals surface area (Å²) in [6.07, 6.45) is 1.99. The van der Waals surface area contributed by atoms with Gasteiger partial charge in [0.15, 0.2) is 0 Å². The van der Waals surface area contributed by atoms with Crippen molar-refractivity contribution < 1.29 is 19.1 Å². The van der Waals surface area contributed by atoms with Crippen LogP contribution < -0.4 is 19.7 Å². The monoisotopic (exact) mass is 558 g/mol. The average molecular weight is 559 g/mol. The topological polar surface area (TPSA) is 76.0 Å². The first-order chi connectivity index (χ1) is 19.3. The molecule has 0 radical (unpaired) electrons. The first-order valence-electron chi connectivity index (χ1n) is 13.0. The van der Waals surface area contributed by atoms with Crippen molar-refractivity contribution in [2.75, 3.05) is 31.0 Å². The second kappa shape index (κ2) is 11.4. The van der Waals surface area contributed by atoms with Crippen molar-refractivity contribution >= 4 is 34.9 Å². The Labute approximate surface area is 238 Å². The Morgan fingerprint density at radius 1 is 0.925 bits per heavy atom. The summed E-state index contributed by atoms with van der Waals surface area (Å²) in [5.74, 6) is 0.857. The van der Waals surface area contributed by atoms with Crippen molar-refractivity contribution in [1.82, 2.24) is 9.47 Å². The molecule has 5 rings (SSSR count). The summed E-state index contributed by atoms with van der Waals surface area (Å²) in [6.45, 7) is 3.61. The van der Waals surface area contributed by atoms with Crippen molar-refractivity contribution in [1.29, 1.82) is 0 Å². The lowest BCUT2D eigenvalue weighted by molar-refractivity contribution is -0.119. The molecule has 1 aromatic heterocycles. The molecule has 0 saturated carbocycles. The molecule has 1 atom stereocenters. The number of hydrogen-bond acceptors (Lipinski definition) is 4. The smallest absolute Gasteiger partial charge is 0.322 e. The third kappa shape index (κ3) is 5.22. The van der Waals surface area contributed by atoms with E-state index in [2.05, 4.69) is 9.88 Å². The standard InChI is InChI=1S/C31H31ClN4O4/c1-20(2)35(31(38)33-23-16-24(39-3)18-25(17-23)40-4)19-29(37)36-27-12-6-5-11-26(27)34-14-8-13-28(34)30(36)21-9-7-10-22(32)15-21/h5-18,20,30H,19H2,1-4H3,(H,33,38)/t30-/m1/s1. The molecule has 0 bridgehead atoms. The fourth-order valence-corrected chi connectivity index (χ4v) is 5.24. The minimum Gasteiger partial charge on any atom is -0.497 e. The number of rotatable bonds is 7. The van der Waals surface area contributed by atoms with Gasteiger partial charge in [-0.05, 0) is 55.8 Å². The molecule has 4 aromatic rings. The summed E-state index contributed by atoms with van der Waals surface area (Å²) in [5, 5.41) is 3.48. The van der Waals surface area contributed by atoms with Crippen molar-refractivity contribution in [2.45, 2.75) is 25.9 Å². The van der Waals surface area contributed by atoms with Crippen molar-refractivity contribution in [3.8, 4) is 17.2 Å². The fourth-order valence-electron chi connectivity index (χ4n) is 5.04. The number of benzene rings is 3. The Hall–Kier alpha value is -4.43. The van der Waals surface area contributed by atoms with Gasteiger partial charge in [-0.25, -0.2) is 4.79 Å². The highest BCUT2D eigenvalue weighted by atomic mass is 35.5. The lowest BCUT2D eigenvalue weighted by Gasteiger charge is -2.40. The number of aromatic nitrogens is 1. The average Bonchev–Trinajstić information content (AvgIpc) is 3.44. The molecular weight excluding hydrogens is 528 g/mol. The Kier molecular flexibility index (Phi) is 7.71. The number of fused-ring (bicyclic) bond motifs is 3. The normalized spacial score (nSPS) is 13.8. The zero-order valence-corrected chi connectivity index (χ0v) is 23.6. The summed E-state index contributed by atoms with van der Waals surface area (Å²) in [7, 11) is 3.09. The van der Waals surface area contributed by atoms with Gasteiger partial charge in [-0.2, -0.15) is 0 Å². The number of amides is 3. The Morgan fingerprint density at radius 2 is 1.62 bits per heavy atom. The maximum atomic E-state index is 14.3. The van der Waals surface area contributed by atoms with Crippen LogP contribution in [0.25, 0.3) is 5.69 Å². The van der Waals surface area contributed by atoms with Crippen LogP contribution in [0.3, 0.4) is 0 Å². The van der Waals surface area contributed by atoms with Crippen LogP contribution in [0, 0.1) is 0 Å². The van der Waals surface area contributed by atoms with Gasteiger partial charge >= 0.3 is 6.03 Å². The van der Waals surface area contributed by atoms with E-state index in [0.717, 1.165) is 22.6 Å². The Balaban J connectivity index is 1.50. The largest absolute Gasteiger partial charge is 0.497 e. The highest BCUT2D eigenvalue weighted by Crippen LogP contribution is 2.42. The summed E-state index contributed by atoms with van der Waals surface area (Å²) in [4.78, 5) is 31.1. The van der Waals surface area contributed by atoms with E-state index in [1.165, 1.54) is 4.90 Å². The molecule has 3 aromatic carbocycles. The molecule has 2 heterocycles. The predicted molar refractivity (Wildman–Crippen MR) is 157 cm³/mol. The molecule has 1 aliphatic rings. The zero-order valence-electron chi connectivity index (χ0n) is 22.8. The third-order valence-electron chi connectivity index (χ3n) is 6.95. The van der Waals surface area contributed by atoms with E-state index >= 15 is 0 Å². The van der Waals surface area contributed by atoms with Gasteiger partial charge in [0.2, 0.25) is 5.91 Å². The van der Waals surface area contributed by atoms with Gasteiger partial charge in [0.25, 0.3) is 0 Å². The lowest BCUT2D eigenvalue weighted by atomic mass is 9.97. The molecule has 1 N–H and O–H groups in total. The van der Waals surface area contributed by atoms with Crippen LogP contribution in [0.4, 0.5) is 16.2 Å². The molecule has 0 spiro atoms. The lowest BCUT2D eigenvalue weighted by Crippen LogP contribution is -2.49. The Bertz CT molecular complexity index is 1530. The highest BCUT2D eigenvalue weighted by molar-refractivity contribution is 6.30. The first-order valence-corrected chi connectivity index (χ1v) is 13.3. The van der Waals surface area contributed by atoms with Crippen molar-refractivity contribution in [2.24, 2.45) is 0 Å². The second-order valence-electron chi connectivity index (χ2n) is 9.77. The number of anilines is 2. The summed E-state index contributed by atoms with van der Waals surface area (Å²) in [6, 6.07) is 23.3. The van der Waals surface area contributed by atoms with Crippen LogP contribution in [0.1, 0.15) is 31.1 Å². The van der Waals surface area contributed by atoms with Crippen LogP contribution in [-0.4, -0.2) is 48.2 Å². The molecule has 0 saturated heterocycles. The number of urea groups is 1. The van der Waals surface area contributed by atoms with E-state index in [4.69, 9.17) is 21.1 Å².